The van der Waals surface area contributed by atoms with Gasteiger partial charge in [0, 0.05) is 20.1 Å². The fourth-order valence-electron chi connectivity index (χ4n) is 1.76. The molecular formula is C9H17N4+. The molecule has 13 heavy (non-hydrogen) atoms. The molecule has 0 radical (unpaired) electrons. The van der Waals surface area contributed by atoms with Crippen molar-refractivity contribution in [2.24, 2.45) is 0 Å². The van der Waals surface area contributed by atoms with Crippen molar-refractivity contribution >= 4 is 11.8 Å². The summed E-state index contributed by atoms with van der Waals surface area (Å²) in [6, 6.07) is 0. The summed E-state index contributed by atoms with van der Waals surface area (Å²) in [7, 11) is 8.60. The molecule has 1 aromatic rings. The predicted octanol–water partition coefficient (Wildman–Crippen LogP) is 0.530. The Kier molecular flexibility index (Phi) is 1.63. The van der Waals surface area contributed by atoms with Gasteiger partial charge in [-0.05, 0) is 0 Å². The average Bonchev–Trinajstić information content (AvgIpc) is 2.51. The van der Waals surface area contributed by atoms with Crippen molar-refractivity contribution < 1.29 is 0 Å². The van der Waals surface area contributed by atoms with Crippen LogP contribution in [-0.2, 0) is 6.54 Å². The van der Waals surface area contributed by atoms with E-state index in [1.807, 2.05) is 6.20 Å². The summed E-state index contributed by atoms with van der Waals surface area (Å²) < 4.78 is 3.13. The zero-order valence-electron chi connectivity index (χ0n) is 8.78. The van der Waals surface area contributed by atoms with Gasteiger partial charge in [0.15, 0.2) is 0 Å². The lowest BCUT2D eigenvalue weighted by atomic mass is 10.5. The van der Waals surface area contributed by atoms with Crippen LogP contribution in [0.25, 0.3) is 0 Å². The highest BCUT2D eigenvalue weighted by Crippen LogP contribution is 2.27. The Morgan fingerprint density at radius 2 is 2.00 bits per heavy atom. The number of nitrogens with zero attached hydrogens (tertiary/aromatic N) is 4. The van der Waals surface area contributed by atoms with Gasteiger partial charge in [0.2, 0.25) is 11.8 Å². The molecule has 0 N–H and O–H groups in total. The van der Waals surface area contributed by atoms with Crippen molar-refractivity contribution in [3.8, 4) is 0 Å². The minimum Gasteiger partial charge on any atom is -0.343 e. The monoisotopic (exact) mass is 181 g/mol. The number of rotatable bonds is 1. The molecule has 1 aliphatic rings. The Bertz CT molecular complexity index is 321. The van der Waals surface area contributed by atoms with Crippen LogP contribution in [-0.4, -0.2) is 44.3 Å². The smallest absolute Gasteiger partial charge is 0.229 e. The quantitative estimate of drug-likeness (QED) is 0.589. The maximum absolute atomic E-state index is 4.42. The minimum absolute atomic E-state index is 0.834. The van der Waals surface area contributed by atoms with Gasteiger partial charge in [-0.1, -0.05) is 0 Å². The zero-order chi connectivity index (χ0) is 9.64. The highest BCUT2D eigenvalue weighted by atomic mass is 15.4. The summed E-state index contributed by atoms with van der Waals surface area (Å²) in [5.41, 5.74) is 0. The van der Waals surface area contributed by atoms with Crippen LogP contribution in [0.4, 0.5) is 11.8 Å². The van der Waals surface area contributed by atoms with Gasteiger partial charge in [0.1, 0.15) is 6.20 Å². The first kappa shape index (κ1) is 8.56. The fraction of sp³-hybridized carbons (Fsp3) is 0.667. The molecule has 0 aromatic carbocycles. The topological polar surface area (TPSA) is 21.1 Å². The van der Waals surface area contributed by atoms with E-state index in [1.54, 1.807) is 0 Å². The van der Waals surface area contributed by atoms with E-state index in [9.17, 15) is 0 Å². The van der Waals surface area contributed by atoms with E-state index in [1.165, 1.54) is 5.82 Å². The van der Waals surface area contributed by atoms with Crippen LogP contribution < -0.4 is 9.38 Å². The highest BCUT2D eigenvalue weighted by Gasteiger charge is 2.27. The van der Waals surface area contributed by atoms with Crippen LogP contribution in [0, 0.1) is 0 Å². The first-order valence-corrected chi connectivity index (χ1v) is 4.59. The number of anilines is 1. The third-order valence-corrected chi connectivity index (χ3v) is 2.50. The largest absolute Gasteiger partial charge is 0.343 e. The summed E-state index contributed by atoms with van der Waals surface area (Å²) in [6.45, 7) is 2.15. The zero-order valence-corrected chi connectivity index (χ0v) is 8.78. The Morgan fingerprint density at radius 1 is 1.31 bits per heavy atom. The second-order valence-electron chi connectivity index (χ2n) is 4.50. The standard InChI is InChI=1S/C9H17N4/c1-11-5-6-12-8(13(2,3)4)7-10-9(11)12/h7H,5-6H2,1-4H3/q+1. The third-order valence-electron chi connectivity index (χ3n) is 2.50. The second-order valence-corrected chi connectivity index (χ2v) is 4.50. The van der Waals surface area contributed by atoms with Crippen LogP contribution in [0.15, 0.2) is 6.20 Å². The van der Waals surface area contributed by atoms with Gasteiger partial charge in [-0.2, -0.15) is 0 Å². The Hall–Kier alpha value is -1.03. The molecule has 0 bridgehead atoms. The summed E-state index contributed by atoms with van der Waals surface area (Å²) >= 11 is 0. The molecule has 0 fully saturated rings. The summed E-state index contributed by atoms with van der Waals surface area (Å²) in [4.78, 5) is 6.61. The number of fused-ring (bicyclic) bond motifs is 1. The SMILES string of the molecule is CN1CCn2c([N+](C)(C)C)cnc21. The van der Waals surface area contributed by atoms with Crippen molar-refractivity contribution in [3.63, 3.8) is 0 Å². The van der Waals surface area contributed by atoms with Crippen molar-refractivity contribution in [2.75, 3.05) is 39.6 Å². The highest BCUT2D eigenvalue weighted by molar-refractivity contribution is 5.46. The summed E-state index contributed by atoms with van der Waals surface area (Å²) in [5.74, 6) is 2.38. The maximum atomic E-state index is 4.42. The van der Waals surface area contributed by atoms with Crippen LogP contribution in [0.1, 0.15) is 0 Å². The van der Waals surface area contributed by atoms with Crippen molar-refractivity contribution in [3.05, 3.63) is 6.20 Å². The van der Waals surface area contributed by atoms with Gasteiger partial charge in [0.25, 0.3) is 0 Å². The van der Waals surface area contributed by atoms with E-state index in [2.05, 4.69) is 42.6 Å². The molecule has 4 heteroatoms. The van der Waals surface area contributed by atoms with Crippen LogP contribution >= 0.6 is 0 Å². The number of imidazole rings is 1. The first-order chi connectivity index (χ1) is 6.00. The molecule has 0 amide bonds. The summed E-state index contributed by atoms with van der Waals surface area (Å²) in [5, 5.41) is 0. The molecule has 2 heterocycles. The molecule has 1 aliphatic heterocycles. The molecule has 2 rings (SSSR count). The van der Waals surface area contributed by atoms with Gasteiger partial charge in [-0.25, -0.2) is 4.98 Å². The van der Waals surface area contributed by atoms with Gasteiger partial charge in [-0.3, -0.25) is 9.05 Å². The third kappa shape index (κ3) is 1.21. The van der Waals surface area contributed by atoms with E-state index in [0.29, 0.717) is 0 Å². The first-order valence-electron chi connectivity index (χ1n) is 4.59. The van der Waals surface area contributed by atoms with Gasteiger partial charge in [-0.15, -0.1) is 0 Å². The van der Waals surface area contributed by atoms with E-state index in [4.69, 9.17) is 0 Å². The second kappa shape index (κ2) is 2.48. The minimum atomic E-state index is 0.834. The van der Waals surface area contributed by atoms with Gasteiger partial charge >= 0.3 is 0 Å². The molecule has 0 spiro atoms. The maximum Gasteiger partial charge on any atom is 0.229 e. The molecular weight excluding hydrogens is 164 g/mol. The Labute approximate surface area is 79.0 Å². The van der Waals surface area contributed by atoms with E-state index in [0.717, 1.165) is 23.5 Å². The number of hydrogen-bond acceptors (Lipinski definition) is 2. The van der Waals surface area contributed by atoms with Gasteiger partial charge in [0.05, 0.1) is 21.1 Å². The van der Waals surface area contributed by atoms with Gasteiger partial charge < -0.3 is 4.90 Å². The molecule has 1 aromatic heterocycles. The van der Waals surface area contributed by atoms with Crippen molar-refractivity contribution in [1.29, 1.82) is 0 Å². The van der Waals surface area contributed by atoms with Crippen molar-refractivity contribution in [2.45, 2.75) is 6.54 Å². The Morgan fingerprint density at radius 3 is 2.62 bits per heavy atom. The van der Waals surface area contributed by atoms with Crippen LogP contribution in [0.2, 0.25) is 0 Å². The fourth-order valence-corrected chi connectivity index (χ4v) is 1.76. The number of likely N-dealkylation sites (N-methyl/N-ethyl adjacent to an activating group) is 1. The summed E-state index contributed by atoms with van der Waals surface area (Å²) in [6.07, 6.45) is 1.98. The van der Waals surface area contributed by atoms with Crippen LogP contribution in [0.3, 0.4) is 0 Å². The lowest BCUT2D eigenvalue weighted by Crippen LogP contribution is -2.36. The molecule has 0 unspecified atom stereocenters. The molecule has 0 atom stereocenters. The predicted molar refractivity (Wildman–Crippen MR) is 55.1 cm³/mol. The lowest BCUT2D eigenvalue weighted by Gasteiger charge is -2.22. The normalized spacial score (nSPS) is 16.5. The molecule has 4 nitrogen and oxygen atoms in total. The molecule has 0 saturated heterocycles. The lowest BCUT2D eigenvalue weighted by molar-refractivity contribution is 0.455. The van der Waals surface area contributed by atoms with Crippen molar-refractivity contribution in [1.82, 2.24) is 14.0 Å². The molecule has 0 saturated carbocycles. The number of aromatic nitrogens is 2. The number of quaternary nitrogens is 1. The number of hydrogen-bond donors (Lipinski definition) is 0. The molecule has 72 valence electrons. The van der Waals surface area contributed by atoms with E-state index < -0.39 is 0 Å². The van der Waals surface area contributed by atoms with E-state index >= 15 is 0 Å². The molecule has 0 aliphatic carbocycles. The average molecular weight is 181 g/mol. The Balaban J connectivity index is 2.47. The van der Waals surface area contributed by atoms with E-state index in [-0.39, 0.29) is 0 Å². The van der Waals surface area contributed by atoms with Crippen LogP contribution in [0.5, 0.6) is 0 Å².